The Morgan fingerprint density at radius 2 is 2.00 bits per heavy atom. The number of aliphatic hydroxyl groups is 1. The minimum absolute atomic E-state index is 0.0268. The van der Waals surface area contributed by atoms with Crippen LogP contribution in [-0.2, 0) is 0 Å². The molecule has 1 aromatic carbocycles. The number of rotatable bonds is 9. The van der Waals surface area contributed by atoms with Gasteiger partial charge in [-0.3, -0.25) is 4.79 Å². The van der Waals surface area contributed by atoms with Crippen molar-refractivity contribution in [3.63, 3.8) is 0 Å². The summed E-state index contributed by atoms with van der Waals surface area (Å²) in [6.07, 6.45) is 3.91. The second-order valence-corrected chi connectivity index (χ2v) is 15.9. The molecule has 1 saturated carbocycles. The SMILES string of the molecule is C[Si](C)(C)CCOc1nccc(C(F)c2ccc(Cl)c(C(=O)NC(O)C3CCCCC3)c2)n1. The Balaban J connectivity index is 1.70. The first-order chi connectivity index (χ1) is 15.6. The number of hydrogen-bond donors (Lipinski definition) is 2. The van der Waals surface area contributed by atoms with Crippen molar-refractivity contribution in [1.82, 2.24) is 15.3 Å². The number of nitrogens with zero attached hydrogens (tertiary/aromatic N) is 2. The topological polar surface area (TPSA) is 84.3 Å². The third-order valence-electron chi connectivity index (χ3n) is 5.90. The first kappa shape index (κ1) is 25.6. The highest BCUT2D eigenvalue weighted by Gasteiger charge is 2.25. The van der Waals surface area contributed by atoms with E-state index in [1.54, 1.807) is 0 Å². The highest BCUT2D eigenvalue weighted by Crippen LogP contribution is 2.30. The van der Waals surface area contributed by atoms with Gasteiger partial charge in [0, 0.05) is 20.2 Å². The van der Waals surface area contributed by atoms with Gasteiger partial charge in [0.15, 0.2) is 6.17 Å². The van der Waals surface area contributed by atoms with Crippen LogP contribution in [0.15, 0.2) is 30.5 Å². The van der Waals surface area contributed by atoms with Crippen LogP contribution < -0.4 is 10.1 Å². The monoisotopic (exact) mass is 493 g/mol. The number of halogens is 2. The minimum atomic E-state index is -1.58. The van der Waals surface area contributed by atoms with Crippen LogP contribution in [0.4, 0.5) is 4.39 Å². The van der Waals surface area contributed by atoms with Crippen molar-refractivity contribution in [3.8, 4) is 6.01 Å². The average molecular weight is 494 g/mol. The maximum atomic E-state index is 15.3. The molecule has 2 N–H and O–H groups in total. The van der Waals surface area contributed by atoms with Gasteiger partial charge in [0.05, 0.1) is 22.9 Å². The Bertz CT molecular complexity index is 951. The fourth-order valence-electron chi connectivity index (χ4n) is 3.84. The molecule has 3 rings (SSSR count). The van der Waals surface area contributed by atoms with E-state index in [-0.39, 0.29) is 33.8 Å². The molecule has 1 aromatic heterocycles. The van der Waals surface area contributed by atoms with Crippen LogP contribution in [0.2, 0.25) is 30.7 Å². The summed E-state index contributed by atoms with van der Waals surface area (Å²) in [5, 5.41) is 13.2. The summed E-state index contributed by atoms with van der Waals surface area (Å²) in [7, 11) is -1.27. The molecule has 6 nitrogen and oxygen atoms in total. The molecule has 33 heavy (non-hydrogen) atoms. The predicted molar refractivity (Wildman–Crippen MR) is 130 cm³/mol. The first-order valence-electron chi connectivity index (χ1n) is 11.5. The van der Waals surface area contributed by atoms with Crippen LogP contribution in [0.5, 0.6) is 6.01 Å². The maximum absolute atomic E-state index is 15.3. The Hall–Kier alpha value is -2.03. The number of amides is 1. The summed E-state index contributed by atoms with van der Waals surface area (Å²) in [6, 6.07) is 6.98. The number of benzene rings is 1. The van der Waals surface area contributed by atoms with Crippen LogP contribution in [0, 0.1) is 5.92 Å². The van der Waals surface area contributed by atoms with E-state index >= 15 is 4.39 Å². The van der Waals surface area contributed by atoms with Crippen molar-refractivity contribution in [1.29, 1.82) is 0 Å². The lowest BCUT2D eigenvalue weighted by Crippen LogP contribution is -2.41. The van der Waals surface area contributed by atoms with Gasteiger partial charge in [0.2, 0.25) is 0 Å². The van der Waals surface area contributed by atoms with Gasteiger partial charge in [-0.2, -0.15) is 4.98 Å². The van der Waals surface area contributed by atoms with Gasteiger partial charge in [-0.1, -0.05) is 56.6 Å². The van der Waals surface area contributed by atoms with Crippen LogP contribution in [0.3, 0.4) is 0 Å². The number of carbonyl (C=O) groups is 1. The summed E-state index contributed by atoms with van der Waals surface area (Å²) in [5.74, 6) is -0.496. The summed E-state index contributed by atoms with van der Waals surface area (Å²) >= 11 is 6.22. The fraction of sp³-hybridized carbons (Fsp3) is 0.542. The van der Waals surface area contributed by atoms with Gasteiger partial charge >= 0.3 is 6.01 Å². The van der Waals surface area contributed by atoms with Gasteiger partial charge in [-0.25, -0.2) is 9.37 Å². The second kappa shape index (κ2) is 11.4. The van der Waals surface area contributed by atoms with E-state index in [1.807, 2.05) is 0 Å². The van der Waals surface area contributed by atoms with Crippen molar-refractivity contribution >= 4 is 25.6 Å². The lowest BCUT2D eigenvalue weighted by molar-refractivity contribution is 0.0463. The molecule has 9 heteroatoms. The van der Waals surface area contributed by atoms with Crippen LogP contribution in [0.1, 0.15) is 59.9 Å². The first-order valence-corrected chi connectivity index (χ1v) is 15.6. The molecule has 1 aliphatic rings. The average Bonchev–Trinajstić information content (AvgIpc) is 2.78. The highest BCUT2D eigenvalue weighted by atomic mass is 35.5. The van der Waals surface area contributed by atoms with Crippen molar-refractivity contribution in [2.24, 2.45) is 5.92 Å². The molecular weight excluding hydrogens is 461 g/mol. The van der Waals surface area contributed by atoms with Crippen LogP contribution >= 0.6 is 11.6 Å². The van der Waals surface area contributed by atoms with Gasteiger partial charge in [0.25, 0.3) is 5.91 Å². The number of carbonyl (C=O) groups excluding carboxylic acids is 1. The summed E-state index contributed by atoms with van der Waals surface area (Å²) in [5.41, 5.74) is 0.500. The lowest BCUT2D eigenvalue weighted by atomic mass is 9.88. The molecule has 1 amide bonds. The molecule has 1 fully saturated rings. The second-order valence-electron chi connectivity index (χ2n) is 9.84. The quantitative estimate of drug-likeness (QED) is 0.354. The predicted octanol–water partition coefficient (Wildman–Crippen LogP) is 5.53. The van der Waals surface area contributed by atoms with Gasteiger partial charge in [-0.05, 0) is 42.6 Å². The van der Waals surface area contributed by atoms with Gasteiger partial charge in [-0.15, -0.1) is 0 Å². The highest BCUT2D eigenvalue weighted by molar-refractivity contribution is 6.76. The van der Waals surface area contributed by atoms with Crippen molar-refractivity contribution in [3.05, 3.63) is 52.3 Å². The van der Waals surface area contributed by atoms with Gasteiger partial charge < -0.3 is 15.2 Å². The van der Waals surface area contributed by atoms with Crippen molar-refractivity contribution < 1.29 is 19.0 Å². The molecule has 2 atom stereocenters. The molecule has 0 aliphatic heterocycles. The summed E-state index contributed by atoms with van der Waals surface area (Å²) in [6.45, 7) is 7.22. The molecule has 2 aromatic rings. The number of ether oxygens (including phenoxy) is 1. The molecular formula is C24H33ClFN3O3Si. The van der Waals surface area contributed by atoms with E-state index in [0.717, 1.165) is 38.1 Å². The number of alkyl halides is 1. The summed E-state index contributed by atoms with van der Waals surface area (Å²) in [4.78, 5) is 21.0. The van der Waals surface area contributed by atoms with E-state index in [4.69, 9.17) is 16.3 Å². The standard InChI is InChI=1S/C24H33ClFN3O3Si/c1-33(2,3)14-13-32-24-27-12-11-20(28-24)21(26)17-9-10-19(25)18(15-17)23(31)29-22(30)16-7-5-4-6-8-16/h9-12,15-16,21-22,30H,4-8,13-14H2,1-3H3,(H,29,31). The van der Waals surface area contributed by atoms with E-state index in [0.29, 0.717) is 6.61 Å². The zero-order valence-corrected chi connectivity index (χ0v) is 21.2. The van der Waals surface area contributed by atoms with Gasteiger partial charge in [0.1, 0.15) is 6.23 Å². The van der Waals surface area contributed by atoms with E-state index < -0.39 is 26.4 Å². The largest absolute Gasteiger partial charge is 0.464 e. The third kappa shape index (κ3) is 7.48. The number of aliphatic hydroxyl groups excluding tert-OH is 1. The number of aromatic nitrogens is 2. The molecule has 0 saturated heterocycles. The number of nitrogens with one attached hydrogen (secondary N) is 1. The molecule has 180 valence electrons. The van der Waals surface area contributed by atoms with Crippen molar-refractivity contribution in [2.75, 3.05) is 6.61 Å². The van der Waals surface area contributed by atoms with E-state index in [9.17, 15) is 9.90 Å². The molecule has 0 radical (unpaired) electrons. The number of hydrogen-bond acceptors (Lipinski definition) is 5. The van der Waals surface area contributed by atoms with Crippen molar-refractivity contribution in [2.45, 2.75) is 70.2 Å². The Kier molecular flexibility index (Phi) is 8.84. The normalized spacial score (nSPS) is 16.8. The molecule has 1 heterocycles. The van der Waals surface area contributed by atoms with Crippen LogP contribution in [-0.4, -0.2) is 41.9 Å². The molecule has 2 unspecified atom stereocenters. The summed E-state index contributed by atoms with van der Waals surface area (Å²) < 4.78 is 20.9. The lowest BCUT2D eigenvalue weighted by Gasteiger charge is -2.27. The fourth-order valence-corrected chi connectivity index (χ4v) is 4.76. The smallest absolute Gasteiger partial charge is 0.316 e. The zero-order valence-electron chi connectivity index (χ0n) is 19.5. The minimum Gasteiger partial charge on any atom is -0.464 e. The van der Waals surface area contributed by atoms with E-state index in [1.165, 1.54) is 30.5 Å². The Morgan fingerprint density at radius 3 is 2.70 bits per heavy atom. The third-order valence-corrected chi connectivity index (χ3v) is 7.93. The molecule has 0 spiro atoms. The van der Waals surface area contributed by atoms with E-state index in [2.05, 4.69) is 34.9 Å². The molecule has 1 aliphatic carbocycles. The maximum Gasteiger partial charge on any atom is 0.316 e. The Morgan fingerprint density at radius 1 is 1.27 bits per heavy atom. The Labute approximate surface area is 201 Å². The zero-order chi connectivity index (χ0) is 24.0. The van der Waals surface area contributed by atoms with Crippen LogP contribution in [0.25, 0.3) is 0 Å². The molecule has 0 bridgehead atoms.